The van der Waals surface area contributed by atoms with E-state index in [2.05, 4.69) is 6.07 Å². The molecule has 0 aromatic heterocycles. The van der Waals surface area contributed by atoms with Crippen LogP contribution in [0.25, 0.3) is 0 Å². The molecule has 3 nitrogen and oxygen atoms in total. The van der Waals surface area contributed by atoms with Crippen molar-refractivity contribution >= 4 is 11.4 Å². The Labute approximate surface area is 111 Å². The molecule has 2 aromatic carbocycles. The van der Waals surface area contributed by atoms with Gasteiger partial charge in [-0.2, -0.15) is 5.26 Å². The monoisotopic (exact) mass is 255 g/mol. The second kappa shape index (κ2) is 5.40. The summed E-state index contributed by atoms with van der Waals surface area (Å²) < 4.78 is 13.7. The Balaban J connectivity index is 2.21. The number of nitrogens with two attached hydrogens (primary N) is 1. The summed E-state index contributed by atoms with van der Waals surface area (Å²) in [5.74, 6) is -0.305. The molecule has 0 saturated carbocycles. The number of hydrogen-bond donors (Lipinski definition) is 1. The summed E-state index contributed by atoms with van der Waals surface area (Å²) in [7, 11) is 1.85. The summed E-state index contributed by atoms with van der Waals surface area (Å²) >= 11 is 0. The molecular formula is C15H14FN3. The van der Waals surface area contributed by atoms with Gasteiger partial charge in [0.25, 0.3) is 0 Å². The van der Waals surface area contributed by atoms with Gasteiger partial charge in [-0.1, -0.05) is 6.07 Å². The summed E-state index contributed by atoms with van der Waals surface area (Å²) in [6, 6.07) is 13.9. The largest absolute Gasteiger partial charge is 0.398 e. The number of rotatable bonds is 3. The average Bonchev–Trinajstić information content (AvgIpc) is 2.43. The van der Waals surface area contributed by atoms with Crippen molar-refractivity contribution in [2.24, 2.45) is 0 Å². The lowest BCUT2D eigenvalue weighted by atomic mass is 10.1. The molecule has 2 rings (SSSR count). The van der Waals surface area contributed by atoms with Gasteiger partial charge in [-0.05, 0) is 36.4 Å². The van der Waals surface area contributed by atoms with Crippen LogP contribution >= 0.6 is 0 Å². The number of nitrogen functional groups attached to an aromatic ring is 1. The maximum absolute atomic E-state index is 13.7. The van der Waals surface area contributed by atoms with E-state index in [9.17, 15) is 4.39 Å². The molecule has 0 unspecified atom stereocenters. The van der Waals surface area contributed by atoms with Crippen LogP contribution in [0.3, 0.4) is 0 Å². The van der Waals surface area contributed by atoms with Crippen molar-refractivity contribution < 1.29 is 4.39 Å². The molecule has 0 atom stereocenters. The molecule has 0 aliphatic rings. The molecule has 0 fully saturated rings. The van der Waals surface area contributed by atoms with Crippen LogP contribution in [0.4, 0.5) is 15.8 Å². The Morgan fingerprint density at radius 1 is 1.21 bits per heavy atom. The number of anilines is 2. The van der Waals surface area contributed by atoms with Gasteiger partial charge in [0.1, 0.15) is 5.82 Å². The predicted octanol–water partition coefficient (Wildman–Crippen LogP) is 2.92. The van der Waals surface area contributed by atoms with Gasteiger partial charge in [-0.25, -0.2) is 4.39 Å². The average molecular weight is 255 g/mol. The second-order valence-electron chi connectivity index (χ2n) is 4.32. The van der Waals surface area contributed by atoms with Crippen molar-refractivity contribution in [2.45, 2.75) is 6.54 Å². The van der Waals surface area contributed by atoms with Crippen LogP contribution in [-0.2, 0) is 6.54 Å². The van der Waals surface area contributed by atoms with E-state index in [1.807, 2.05) is 24.1 Å². The maximum atomic E-state index is 13.7. The standard InChI is InChI=1S/C15H14FN3/c1-19(12-7-5-11(9-17)6-8-12)10-13-14(16)3-2-4-15(13)18/h2-8H,10,18H2,1H3. The molecular weight excluding hydrogens is 241 g/mol. The number of nitrogens with zero attached hydrogens (tertiary/aromatic N) is 2. The molecule has 0 radical (unpaired) electrons. The summed E-state index contributed by atoms with van der Waals surface area (Å²) in [4.78, 5) is 1.88. The highest BCUT2D eigenvalue weighted by atomic mass is 19.1. The van der Waals surface area contributed by atoms with Crippen molar-refractivity contribution in [3.05, 3.63) is 59.4 Å². The fourth-order valence-corrected chi connectivity index (χ4v) is 1.86. The molecule has 0 aliphatic heterocycles. The van der Waals surface area contributed by atoms with Crippen molar-refractivity contribution in [1.82, 2.24) is 0 Å². The SMILES string of the molecule is CN(Cc1c(N)cccc1F)c1ccc(C#N)cc1. The summed E-state index contributed by atoms with van der Waals surface area (Å²) in [5, 5.41) is 8.75. The van der Waals surface area contributed by atoms with Gasteiger partial charge >= 0.3 is 0 Å². The summed E-state index contributed by atoms with van der Waals surface area (Å²) in [6.07, 6.45) is 0. The quantitative estimate of drug-likeness (QED) is 0.858. The number of halogens is 1. The Morgan fingerprint density at radius 2 is 1.89 bits per heavy atom. The smallest absolute Gasteiger partial charge is 0.130 e. The van der Waals surface area contributed by atoms with E-state index >= 15 is 0 Å². The Hall–Kier alpha value is -2.54. The van der Waals surface area contributed by atoms with Crippen LogP contribution in [-0.4, -0.2) is 7.05 Å². The molecule has 0 saturated heterocycles. The zero-order valence-electron chi connectivity index (χ0n) is 10.6. The van der Waals surface area contributed by atoms with Gasteiger partial charge in [0, 0.05) is 30.5 Å². The molecule has 0 spiro atoms. The number of nitriles is 1. The van der Waals surface area contributed by atoms with Gasteiger partial charge in [0.05, 0.1) is 11.6 Å². The van der Waals surface area contributed by atoms with Gasteiger partial charge in [-0.3, -0.25) is 0 Å². The van der Waals surface area contributed by atoms with E-state index in [0.717, 1.165) is 5.69 Å². The van der Waals surface area contributed by atoms with Gasteiger partial charge < -0.3 is 10.6 Å². The zero-order chi connectivity index (χ0) is 13.8. The van der Waals surface area contributed by atoms with E-state index in [-0.39, 0.29) is 5.82 Å². The van der Waals surface area contributed by atoms with Crippen LogP contribution in [0.5, 0.6) is 0 Å². The molecule has 2 N–H and O–H groups in total. The molecule has 2 aromatic rings. The Morgan fingerprint density at radius 3 is 2.47 bits per heavy atom. The fraction of sp³-hybridized carbons (Fsp3) is 0.133. The maximum Gasteiger partial charge on any atom is 0.130 e. The minimum Gasteiger partial charge on any atom is -0.398 e. The molecule has 0 amide bonds. The number of hydrogen-bond acceptors (Lipinski definition) is 3. The topological polar surface area (TPSA) is 53.0 Å². The zero-order valence-corrected chi connectivity index (χ0v) is 10.6. The lowest BCUT2D eigenvalue weighted by Gasteiger charge is -2.20. The van der Waals surface area contributed by atoms with Gasteiger partial charge in [0.2, 0.25) is 0 Å². The van der Waals surface area contributed by atoms with Crippen LogP contribution in [0.2, 0.25) is 0 Å². The van der Waals surface area contributed by atoms with Crippen molar-refractivity contribution in [3.8, 4) is 6.07 Å². The number of benzene rings is 2. The summed E-state index contributed by atoms with van der Waals surface area (Å²) in [5.41, 5.74) is 8.21. The van der Waals surface area contributed by atoms with Crippen LogP contribution in [0.15, 0.2) is 42.5 Å². The lowest BCUT2D eigenvalue weighted by molar-refractivity contribution is 0.609. The normalized spacial score (nSPS) is 9.95. The first-order chi connectivity index (χ1) is 9.11. The van der Waals surface area contributed by atoms with Crippen LogP contribution in [0.1, 0.15) is 11.1 Å². The third-order valence-electron chi connectivity index (χ3n) is 2.99. The molecule has 0 aliphatic carbocycles. The van der Waals surface area contributed by atoms with Gasteiger partial charge in [0.15, 0.2) is 0 Å². The Kier molecular flexibility index (Phi) is 3.67. The molecule has 4 heteroatoms. The van der Waals surface area contributed by atoms with Crippen molar-refractivity contribution in [1.29, 1.82) is 5.26 Å². The van der Waals surface area contributed by atoms with Crippen molar-refractivity contribution in [2.75, 3.05) is 17.7 Å². The first-order valence-corrected chi connectivity index (χ1v) is 5.86. The third-order valence-corrected chi connectivity index (χ3v) is 2.99. The second-order valence-corrected chi connectivity index (χ2v) is 4.32. The first kappa shape index (κ1) is 12.9. The fourth-order valence-electron chi connectivity index (χ4n) is 1.86. The predicted molar refractivity (Wildman–Crippen MR) is 74.1 cm³/mol. The highest BCUT2D eigenvalue weighted by Gasteiger charge is 2.09. The van der Waals surface area contributed by atoms with E-state index < -0.39 is 0 Å². The van der Waals surface area contributed by atoms with Crippen molar-refractivity contribution in [3.63, 3.8) is 0 Å². The Bertz CT molecular complexity index is 594. The third kappa shape index (κ3) is 2.83. The molecule has 19 heavy (non-hydrogen) atoms. The minimum absolute atomic E-state index is 0.305. The highest BCUT2D eigenvalue weighted by Crippen LogP contribution is 2.21. The lowest BCUT2D eigenvalue weighted by Crippen LogP contribution is -2.18. The van der Waals surface area contributed by atoms with E-state index in [0.29, 0.717) is 23.4 Å². The minimum atomic E-state index is -0.305. The molecule has 0 heterocycles. The molecule has 96 valence electrons. The van der Waals surface area contributed by atoms with E-state index in [1.165, 1.54) is 6.07 Å². The van der Waals surface area contributed by atoms with E-state index in [1.54, 1.807) is 24.3 Å². The van der Waals surface area contributed by atoms with E-state index in [4.69, 9.17) is 11.0 Å². The van der Waals surface area contributed by atoms with Crippen LogP contribution in [0, 0.1) is 17.1 Å². The van der Waals surface area contributed by atoms with Gasteiger partial charge in [-0.15, -0.1) is 0 Å². The molecule has 0 bridgehead atoms. The van der Waals surface area contributed by atoms with Crippen LogP contribution < -0.4 is 10.6 Å². The highest BCUT2D eigenvalue weighted by molar-refractivity contribution is 5.53. The first-order valence-electron chi connectivity index (χ1n) is 5.86. The summed E-state index contributed by atoms with van der Waals surface area (Å²) in [6.45, 7) is 0.379.